The molecule has 0 spiro atoms. The maximum Gasteiger partial charge on any atom is 0.258 e. The molecule has 2 bridgehead atoms. The van der Waals surface area contributed by atoms with Crippen molar-refractivity contribution in [2.45, 2.75) is 43.8 Å². The number of carbonyl (C=O) groups excluding carboxylic acids is 1. The van der Waals surface area contributed by atoms with E-state index in [0.717, 1.165) is 11.4 Å². The lowest BCUT2D eigenvalue weighted by Crippen LogP contribution is -2.47. The summed E-state index contributed by atoms with van der Waals surface area (Å²) >= 11 is 0. The van der Waals surface area contributed by atoms with Crippen molar-refractivity contribution in [3.05, 3.63) is 90.5 Å². The topological polar surface area (TPSA) is 26.8 Å². The van der Waals surface area contributed by atoms with E-state index in [1.165, 1.54) is 31.4 Å². The molecule has 0 radical (unpaired) electrons. The Morgan fingerprint density at radius 2 is 1.25 bits per heavy atom. The maximum absolute atomic E-state index is 13.0. The van der Waals surface area contributed by atoms with Gasteiger partial charge in [-0.3, -0.25) is 4.79 Å². The summed E-state index contributed by atoms with van der Waals surface area (Å²) < 4.78 is 0. The molecule has 32 heavy (non-hydrogen) atoms. The third-order valence-electron chi connectivity index (χ3n) is 7.31. The van der Waals surface area contributed by atoms with Crippen molar-refractivity contribution in [1.29, 1.82) is 0 Å². The Morgan fingerprint density at radius 3 is 1.81 bits per heavy atom. The molecule has 0 aromatic heterocycles. The molecule has 0 N–H and O–H groups in total. The fraction of sp³-hybridized carbons (Fsp3) is 0.321. The Balaban J connectivity index is 1.42. The average molecular weight is 426 g/mol. The number of anilines is 3. The van der Waals surface area contributed by atoms with Crippen molar-refractivity contribution in [2.24, 2.45) is 0 Å². The van der Waals surface area contributed by atoms with Crippen LogP contribution in [0.15, 0.2) is 84.9 Å². The lowest BCUT2D eigenvalue weighted by atomic mass is 9.95. The number of piperidine rings is 1. The van der Waals surface area contributed by atoms with E-state index in [1.807, 2.05) is 49.5 Å². The summed E-state index contributed by atoms with van der Waals surface area (Å²) in [7, 11) is 4.12. The number of para-hydroxylation sites is 2. The number of amides is 1. The molecule has 164 valence electrons. The van der Waals surface area contributed by atoms with Crippen LogP contribution in [-0.2, 0) is 0 Å². The first kappa shape index (κ1) is 20.8. The van der Waals surface area contributed by atoms with E-state index in [1.54, 1.807) is 4.90 Å². The van der Waals surface area contributed by atoms with Crippen molar-refractivity contribution in [1.82, 2.24) is 4.90 Å². The first-order chi connectivity index (χ1) is 15.6. The van der Waals surface area contributed by atoms with Gasteiger partial charge in [0.15, 0.2) is 0 Å². The van der Waals surface area contributed by atoms with Crippen LogP contribution in [0.5, 0.6) is 0 Å². The highest BCUT2D eigenvalue weighted by Gasteiger charge is 2.40. The highest BCUT2D eigenvalue weighted by Crippen LogP contribution is 2.40. The SMILES string of the molecule is CN(C(=O)c1ccc(N(c2ccccc2)C2C[C@H]3CC[C@@H](C2)N3C)cc1)c1ccccc1. The zero-order valence-electron chi connectivity index (χ0n) is 18.9. The minimum atomic E-state index is 0.00588. The molecule has 1 amide bonds. The first-order valence-corrected chi connectivity index (χ1v) is 11.6. The third kappa shape index (κ3) is 3.91. The molecule has 4 heteroatoms. The van der Waals surface area contributed by atoms with E-state index in [2.05, 4.69) is 59.3 Å². The Kier molecular flexibility index (Phi) is 5.71. The van der Waals surface area contributed by atoms with Crippen molar-refractivity contribution < 1.29 is 4.79 Å². The third-order valence-corrected chi connectivity index (χ3v) is 7.31. The molecule has 3 aromatic rings. The average Bonchev–Trinajstić information content (AvgIpc) is 3.05. The normalized spacial score (nSPS) is 22.5. The van der Waals surface area contributed by atoms with Gasteiger partial charge in [-0.05, 0) is 81.3 Å². The molecule has 2 heterocycles. The van der Waals surface area contributed by atoms with Gasteiger partial charge in [-0.1, -0.05) is 36.4 Å². The van der Waals surface area contributed by atoms with Crippen LogP contribution < -0.4 is 9.80 Å². The molecule has 3 atom stereocenters. The fourth-order valence-electron chi connectivity index (χ4n) is 5.48. The van der Waals surface area contributed by atoms with Gasteiger partial charge in [-0.25, -0.2) is 0 Å². The van der Waals surface area contributed by atoms with Crippen molar-refractivity contribution in [3.8, 4) is 0 Å². The number of nitrogens with zero attached hydrogens (tertiary/aromatic N) is 3. The van der Waals surface area contributed by atoms with Crippen molar-refractivity contribution in [2.75, 3.05) is 23.9 Å². The van der Waals surface area contributed by atoms with Gasteiger partial charge in [0.25, 0.3) is 5.91 Å². The Morgan fingerprint density at radius 1 is 0.750 bits per heavy atom. The number of fused-ring (bicyclic) bond motifs is 2. The molecule has 2 aliphatic rings. The number of hydrogen-bond donors (Lipinski definition) is 0. The molecule has 2 fully saturated rings. The van der Waals surface area contributed by atoms with Gasteiger partial charge in [0, 0.05) is 47.8 Å². The summed E-state index contributed by atoms with van der Waals surface area (Å²) in [4.78, 5) is 19.8. The van der Waals surface area contributed by atoms with E-state index >= 15 is 0 Å². The largest absolute Gasteiger partial charge is 0.338 e. The summed E-state index contributed by atoms with van der Waals surface area (Å²) in [6.45, 7) is 0. The molecular weight excluding hydrogens is 394 g/mol. The summed E-state index contributed by atoms with van der Waals surface area (Å²) in [5, 5.41) is 0. The standard InChI is InChI=1S/C28H31N3O/c1-29-25-17-18-26(29)20-27(19-25)31(23-11-7-4-8-12-23)24-15-13-21(14-16-24)28(32)30(2)22-9-5-3-6-10-22/h3-16,25-27H,17-20H2,1-2H3/t25-,26+,27?. The molecular formula is C28H31N3O. The van der Waals surface area contributed by atoms with E-state index in [0.29, 0.717) is 23.7 Å². The summed E-state index contributed by atoms with van der Waals surface area (Å²) in [6.07, 6.45) is 4.97. The molecule has 3 aromatic carbocycles. The number of benzene rings is 3. The van der Waals surface area contributed by atoms with E-state index in [-0.39, 0.29) is 5.91 Å². The molecule has 2 saturated heterocycles. The number of hydrogen-bond acceptors (Lipinski definition) is 3. The molecule has 0 aliphatic carbocycles. The van der Waals surface area contributed by atoms with Crippen molar-refractivity contribution in [3.63, 3.8) is 0 Å². The summed E-state index contributed by atoms with van der Waals surface area (Å²) in [6, 6.07) is 30.4. The second-order valence-corrected chi connectivity index (χ2v) is 9.13. The quantitative estimate of drug-likeness (QED) is 0.523. The van der Waals surface area contributed by atoms with E-state index in [9.17, 15) is 4.79 Å². The minimum Gasteiger partial charge on any atom is -0.338 e. The second kappa shape index (κ2) is 8.79. The van der Waals surface area contributed by atoms with E-state index in [4.69, 9.17) is 0 Å². The van der Waals surface area contributed by atoms with Gasteiger partial charge in [-0.15, -0.1) is 0 Å². The predicted molar refractivity (Wildman–Crippen MR) is 132 cm³/mol. The summed E-state index contributed by atoms with van der Waals surface area (Å²) in [5.74, 6) is 0.00588. The minimum absolute atomic E-state index is 0.00588. The van der Waals surface area contributed by atoms with Crippen LogP contribution in [0.3, 0.4) is 0 Å². The van der Waals surface area contributed by atoms with Gasteiger partial charge in [-0.2, -0.15) is 0 Å². The number of rotatable bonds is 5. The van der Waals surface area contributed by atoms with Gasteiger partial charge in [0.1, 0.15) is 0 Å². The smallest absolute Gasteiger partial charge is 0.258 e. The Hall–Kier alpha value is -3.11. The highest BCUT2D eigenvalue weighted by molar-refractivity contribution is 6.05. The van der Waals surface area contributed by atoms with Crippen LogP contribution in [0.4, 0.5) is 17.1 Å². The fourth-order valence-corrected chi connectivity index (χ4v) is 5.48. The second-order valence-electron chi connectivity index (χ2n) is 9.13. The molecule has 5 rings (SSSR count). The first-order valence-electron chi connectivity index (χ1n) is 11.6. The molecule has 4 nitrogen and oxygen atoms in total. The Bertz CT molecular complexity index is 1040. The van der Waals surface area contributed by atoms with Crippen LogP contribution in [-0.4, -0.2) is 43.0 Å². The van der Waals surface area contributed by atoms with Crippen LogP contribution in [0.25, 0.3) is 0 Å². The van der Waals surface area contributed by atoms with E-state index < -0.39 is 0 Å². The Labute approximate surface area is 191 Å². The van der Waals surface area contributed by atoms with Crippen LogP contribution in [0, 0.1) is 0 Å². The highest BCUT2D eigenvalue weighted by atomic mass is 16.2. The molecule has 0 saturated carbocycles. The zero-order valence-corrected chi connectivity index (χ0v) is 18.9. The van der Waals surface area contributed by atoms with Gasteiger partial charge in [0.2, 0.25) is 0 Å². The van der Waals surface area contributed by atoms with Gasteiger partial charge in [0.05, 0.1) is 0 Å². The summed E-state index contributed by atoms with van der Waals surface area (Å²) in [5.41, 5.74) is 3.98. The van der Waals surface area contributed by atoms with Crippen LogP contribution >= 0.6 is 0 Å². The lowest BCUT2D eigenvalue weighted by molar-refractivity contribution is 0.0993. The zero-order chi connectivity index (χ0) is 22.1. The van der Waals surface area contributed by atoms with Gasteiger partial charge < -0.3 is 14.7 Å². The van der Waals surface area contributed by atoms with Crippen molar-refractivity contribution >= 4 is 23.0 Å². The predicted octanol–water partition coefficient (Wildman–Crippen LogP) is 5.73. The van der Waals surface area contributed by atoms with Gasteiger partial charge >= 0.3 is 0 Å². The number of carbonyl (C=O) groups is 1. The molecule has 1 unspecified atom stereocenters. The molecule has 2 aliphatic heterocycles. The maximum atomic E-state index is 13.0. The monoisotopic (exact) mass is 425 g/mol. The lowest BCUT2D eigenvalue weighted by Gasteiger charge is -2.43. The van der Waals surface area contributed by atoms with Crippen LogP contribution in [0.1, 0.15) is 36.0 Å². The van der Waals surface area contributed by atoms with Crippen LogP contribution in [0.2, 0.25) is 0 Å².